The number of hydrogen-bond donors (Lipinski definition) is 1. The summed E-state index contributed by atoms with van der Waals surface area (Å²) in [6.45, 7) is 5.86. The standard InChI is InChI=1S/C12H19N5/c1-4-6-17-9-10(2)15-12(17)14-8-11-13-5-7-16(11)3/h5,7,9H,4,6,8H2,1-3H3,(H,14,15). The first kappa shape index (κ1) is 11.7. The van der Waals surface area contributed by atoms with E-state index in [4.69, 9.17) is 0 Å². The SMILES string of the molecule is CCCn1cc(C)nc1NCc1nccn1C. The van der Waals surface area contributed by atoms with Crippen LogP contribution in [0.15, 0.2) is 18.6 Å². The molecule has 2 aromatic rings. The molecule has 17 heavy (non-hydrogen) atoms. The molecule has 0 saturated carbocycles. The van der Waals surface area contributed by atoms with Gasteiger partial charge >= 0.3 is 0 Å². The van der Waals surface area contributed by atoms with Crippen LogP contribution in [0.4, 0.5) is 5.95 Å². The smallest absolute Gasteiger partial charge is 0.203 e. The van der Waals surface area contributed by atoms with E-state index in [-0.39, 0.29) is 0 Å². The molecule has 1 N–H and O–H groups in total. The monoisotopic (exact) mass is 233 g/mol. The van der Waals surface area contributed by atoms with Gasteiger partial charge in [0, 0.05) is 32.2 Å². The number of anilines is 1. The van der Waals surface area contributed by atoms with Crippen molar-refractivity contribution in [1.29, 1.82) is 0 Å². The van der Waals surface area contributed by atoms with Crippen LogP contribution in [0.5, 0.6) is 0 Å². The van der Waals surface area contributed by atoms with Gasteiger partial charge in [-0.1, -0.05) is 6.92 Å². The van der Waals surface area contributed by atoms with Gasteiger partial charge in [-0.15, -0.1) is 0 Å². The third kappa shape index (κ3) is 2.67. The van der Waals surface area contributed by atoms with Gasteiger partial charge in [0.05, 0.1) is 12.2 Å². The first-order chi connectivity index (χ1) is 8.20. The summed E-state index contributed by atoms with van der Waals surface area (Å²) in [6, 6.07) is 0. The zero-order valence-corrected chi connectivity index (χ0v) is 10.6. The first-order valence-corrected chi connectivity index (χ1v) is 5.94. The van der Waals surface area contributed by atoms with Crippen LogP contribution in [0.1, 0.15) is 24.9 Å². The number of hydrogen-bond acceptors (Lipinski definition) is 3. The average molecular weight is 233 g/mol. The minimum atomic E-state index is 0.698. The number of aromatic nitrogens is 4. The number of imidazole rings is 2. The van der Waals surface area contributed by atoms with Gasteiger partial charge in [0.2, 0.25) is 5.95 Å². The minimum absolute atomic E-state index is 0.698. The van der Waals surface area contributed by atoms with Gasteiger partial charge in [-0.25, -0.2) is 9.97 Å². The fourth-order valence-electron chi connectivity index (χ4n) is 1.82. The van der Waals surface area contributed by atoms with E-state index in [0.29, 0.717) is 6.54 Å². The molecule has 0 saturated heterocycles. The molecule has 0 spiro atoms. The van der Waals surface area contributed by atoms with Crippen LogP contribution in [0.3, 0.4) is 0 Å². The van der Waals surface area contributed by atoms with Gasteiger partial charge in [-0.3, -0.25) is 0 Å². The van der Waals surface area contributed by atoms with E-state index in [2.05, 4.69) is 33.0 Å². The summed E-state index contributed by atoms with van der Waals surface area (Å²) in [6.07, 6.45) is 6.93. The molecule has 0 fully saturated rings. The Labute approximate surface area is 102 Å². The predicted octanol–water partition coefficient (Wildman–Crippen LogP) is 1.95. The lowest BCUT2D eigenvalue weighted by Crippen LogP contribution is -2.10. The van der Waals surface area contributed by atoms with Crippen molar-refractivity contribution < 1.29 is 0 Å². The van der Waals surface area contributed by atoms with Crippen LogP contribution in [-0.2, 0) is 20.1 Å². The summed E-state index contributed by atoms with van der Waals surface area (Å²) in [4.78, 5) is 8.75. The highest BCUT2D eigenvalue weighted by Crippen LogP contribution is 2.10. The van der Waals surface area contributed by atoms with Gasteiger partial charge < -0.3 is 14.5 Å². The Morgan fingerprint density at radius 3 is 2.88 bits per heavy atom. The summed E-state index contributed by atoms with van der Waals surface area (Å²) in [5.41, 5.74) is 1.04. The maximum Gasteiger partial charge on any atom is 0.203 e. The van der Waals surface area contributed by atoms with Crippen LogP contribution in [-0.4, -0.2) is 19.1 Å². The molecule has 0 aliphatic carbocycles. The highest BCUT2D eigenvalue weighted by atomic mass is 15.2. The van der Waals surface area contributed by atoms with Crippen molar-refractivity contribution in [1.82, 2.24) is 19.1 Å². The fourth-order valence-corrected chi connectivity index (χ4v) is 1.82. The number of nitrogens with zero attached hydrogens (tertiary/aromatic N) is 4. The van der Waals surface area contributed by atoms with Crippen molar-refractivity contribution in [2.75, 3.05) is 5.32 Å². The molecule has 0 atom stereocenters. The molecule has 92 valence electrons. The highest BCUT2D eigenvalue weighted by Gasteiger charge is 2.05. The van der Waals surface area contributed by atoms with Gasteiger partial charge in [0.1, 0.15) is 5.82 Å². The molecule has 0 radical (unpaired) electrons. The van der Waals surface area contributed by atoms with Gasteiger partial charge in [-0.2, -0.15) is 0 Å². The zero-order chi connectivity index (χ0) is 12.3. The maximum absolute atomic E-state index is 4.47. The van der Waals surface area contributed by atoms with E-state index >= 15 is 0 Å². The van der Waals surface area contributed by atoms with Crippen molar-refractivity contribution in [2.45, 2.75) is 33.4 Å². The number of rotatable bonds is 5. The van der Waals surface area contributed by atoms with E-state index in [1.165, 1.54) is 0 Å². The molecule has 2 aromatic heterocycles. The van der Waals surface area contributed by atoms with Crippen LogP contribution in [0.25, 0.3) is 0 Å². The number of aryl methyl sites for hydroxylation is 3. The van der Waals surface area contributed by atoms with Crippen molar-refractivity contribution in [3.63, 3.8) is 0 Å². The minimum Gasteiger partial charge on any atom is -0.348 e. The van der Waals surface area contributed by atoms with E-state index in [9.17, 15) is 0 Å². The van der Waals surface area contributed by atoms with Crippen LogP contribution in [0.2, 0.25) is 0 Å². The Bertz CT molecular complexity index is 483. The molecule has 0 aromatic carbocycles. The second kappa shape index (κ2) is 5.03. The molecule has 2 rings (SSSR count). The van der Waals surface area contributed by atoms with E-state index < -0.39 is 0 Å². The fraction of sp³-hybridized carbons (Fsp3) is 0.500. The first-order valence-electron chi connectivity index (χ1n) is 5.94. The molecule has 0 aliphatic heterocycles. The lowest BCUT2D eigenvalue weighted by atomic mass is 10.5. The molecule has 0 unspecified atom stereocenters. The Morgan fingerprint density at radius 2 is 2.24 bits per heavy atom. The molecule has 0 amide bonds. The Balaban J connectivity index is 2.05. The molecule has 0 aliphatic rings. The van der Waals surface area contributed by atoms with Crippen molar-refractivity contribution in [3.05, 3.63) is 30.1 Å². The molecule has 5 heteroatoms. The Kier molecular flexibility index (Phi) is 3.46. The molecule has 5 nitrogen and oxygen atoms in total. The lowest BCUT2D eigenvalue weighted by molar-refractivity contribution is 0.678. The molecule has 2 heterocycles. The largest absolute Gasteiger partial charge is 0.348 e. The summed E-state index contributed by atoms with van der Waals surface area (Å²) >= 11 is 0. The number of nitrogens with one attached hydrogen (secondary N) is 1. The molecular formula is C12H19N5. The van der Waals surface area contributed by atoms with Crippen LogP contribution < -0.4 is 5.32 Å². The van der Waals surface area contributed by atoms with E-state index in [0.717, 1.165) is 30.4 Å². The summed E-state index contributed by atoms with van der Waals surface area (Å²) in [7, 11) is 1.99. The Hall–Kier alpha value is -1.78. The maximum atomic E-state index is 4.47. The lowest BCUT2D eigenvalue weighted by Gasteiger charge is -2.08. The summed E-state index contributed by atoms with van der Waals surface area (Å²) < 4.78 is 4.16. The third-order valence-corrected chi connectivity index (χ3v) is 2.69. The predicted molar refractivity (Wildman–Crippen MR) is 67.8 cm³/mol. The van der Waals surface area contributed by atoms with Crippen LogP contribution in [0, 0.1) is 6.92 Å². The zero-order valence-electron chi connectivity index (χ0n) is 10.6. The molecule has 0 bridgehead atoms. The second-order valence-electron chi connectivity index (χ2n) is 4.21. The van der Waals surface area contributed by atoms with Crippen LogP contribution >= 0.6 is 0 Å². The summed E-state index contributed by atoms with van der Waals surface area (Å²) in [5.74, 6) is 1.93. The van der Waals surface area contributed by atoms with Gasteiger partial charge in [0.15, 0.2) is 0 Å². The normalized spacial score (nSPS) is 10.8. The van der Waals surface area contributed by atoms with Gasteiger partial charge in [-0.05, 0) is 13.3 Å². The van der Waals surface area contributed by atoms with Crippen molar-refractivity contribution in [2.24, 2.45) is 7.05 Å². The Morgan fingerprint density at radius 1 is 1.41 bits per heavy atom. The third-order valence-electron chi connectivity index (χ3n) is 2.69. The highest BCUT2D eigenvalue weighted by molar-refractivity contribution is 5.29. The van der Waals surface area contributed by atoms with E-state index in [1.807, 2.05) is 24.7 Å². The second-order valence-corrected chi connectivity index (χ2v) is 4.21. The average Bonchev–Trinajstić information content (AvgIpc) is 2.83. The quantitative estimate of drug-likeness (QED) is 0.858. The van der Waals surface area contributed by atoms with Gasteiger partial charge in [0.25, 0.3) is 0 Å². The van der Waals surface area contributed by atoms with E-state index in [1.54, 1.807) is 6.20 Å². The van der Waals surface area contributed by atoms with Crippen molar-refractivity contribution >= 4 is 5.95 Å². The van der Waals surface area contributed by atoms with Crippen molar-refractivity contribution in [3.8, 4) is 0 Å². The topological polar surface area (TPSA) is 47.7 Å². The summed E-state index contributed by atoms with van der Waals surface area (Å²) in [5, 5.41) is 3.33. The molecular weight excluding hydrogens is 214 g/mol.